The summed E-state index contributed by atoms with van der Waals surface area (Å²) in [5.74, 6) is 0.516. The molecule has 0 radical (unpaired) electrons. The van der Waals surface area contributed by atoms with Gasteiger partial charge in [0.1, 0.15) is 5.75 Å². The van der Waals surface area contributed by atoms with Gasteiger partial charge in [0.05, 0.1) is 13.2 Å². The second-order valence-corrected chi connectivity index (χ2v) is 6.02. The van der Waals surface area contributed by atoms with Crippen molar-refractivity contribution < 1.29 is 14.3 Å². The monoisotopic (exact) mass is 326 g/mol. The van der Waals surface area contributed by atoms with Gasteiger partial charge in [-0.2, -0.15) is 0 Å². The molecule has 0 aromatic heterocycles. The molecule has 5 heteroatoms. The van der Waals surface area contributed by atoms with Crippen molar-refractivity contribution in [3.63, 3.8) is 0 Å². The van der Waals surface area contributed by atoms with E-state index in [1.165, 1.54) is 0 Å². The van der Waals surface area contributed by atoms with Gasteiger partial charge in [-0.3, -0.25) is 5.32 Å². The van der Waals surface area contributed by atoms with E-state index in [0.29, 0.717) is 23.5 Å². The first kappa shape index (κ1) is 16.3. The Morgan fingerprint density at radius 3 is 2.29 bits per heavy atom. The number of nitrogens with zero attached hydrogens (tertiary/aromatic N) is 1. The van der Waals surface area contributed by atoms with Gasteiger partial charge in [-0.25, -0.2) is 4.79 Å². The van der Waals surface area contributed by atoms with E-state index in [1.807, 2.05) is 42.5 Å². The fourth-order valence-electron chi connectivity index (χ4n) is 2.97. The Kier molecular flexibility index (Phi) is 5.01. The first-order valence-electron chi connectivity index (χ1n) is 8.13. The van der Waals surface area contributed by atoms with Gasteiger partial charge in [-0.1, -0.05) is 18.2 Å². The topological polar surface area (TPSA) is 50.8 Å². The first-order chi connectivity index (χ1) is 11.6. The molecule has 0 saturated carbocycles. The number of hydrogen-bond acceptors (Lipinski definition) is 4. The van der Waals surface area contributed by atoms with Gasteiger partial charge in [0.15, 0.2) is 0 Å². The van der Waals surface area contributed by atoms with Crippen LogP contribution in [0.25, 0.3) is 0 Å². The van der Waals surface area contributed by atoms with Gasteiger partial charge < -0.3 is 14.4 Å². The minimum Gasteiger partial charge on any atom is -0.410 e. The molecule has 2 aromatic rings. The van der Waals surface area contributed by atoms with Crippen LogP contribution in [0.15, 0.2) is 54.6 Å². The van der Waals surface area contributed by atoms with E-state index in [9.17, 15) is 4.79 Å². The van der Waals surface area contributed by atoms with Gasteiger partial charge in [0.2, 0.25) is 0 Å². The van der Waals surface area contributed by atoms with Crippen LogP contribution in [0, 0.1) is 0 Å². The molecule has 2 unspecified atom stereocenters. The Morgan fingerprint density at radius 2 is 1.67 bits per heavy atom. The first-order valence-corrected chi connectivity index (χ1v) is 8.13. The Labute approximate surface area is 142 Å². The zero-order valence-corrected chi connectivity index (χ0v) is 13.9. The van der Waals surface area contributed by atoms with Gasteiger partial charge in [-0.05, 0) is 50.2 Å². The maximum Gasteiger partial charge on any atom is 0.417 e. The van der Waals surface area contributed by atoms with E-state index < -0.39 is 6.09 Å². The molecule has 0 spiro atoms. The van der Waals surface area contributed by atoms with Gasteiger partial charge in [0, 0.05) is 23.5 Å². The zero-order chi connectivity index (χ0) is 16.9. The van der Waals surface area contributed by atoms with Gasteiger partial charge in [0.25, 0.3) is 0 Å². The molecule has 2 aromatic carbocycles. The lowest BCUT2D eigenvalue weighted by Gasteiger charge is -2.40. The average molecular weight is 326 g/mol. The lowest BCUT2D eigenvalue weighted by molar-refractivity contribution is 0.0757. The van der Waals surface area contributed by atoms with Crippen LogP contribution in [0.2, 0.25) is 0 Å². The van der Waals surface area contributed by atoms with Crippen LogP contribution in [-0.4, -0.2) is 31.4 Å². The van der Waals surface area contributed by atoms with Gasteiger partial charge >= 0.3 is 6.09 Å². The summed E-state index contributed by atoms with van der Waals surface area (Å²) < 4.78 is 10.8. The fourth-order valence-corrected chi connectivity index (χ4v) is 2.97. The number of amides is 1. The lowest BCUT2D eigenvalue weighted by atomic mass is 10.1. The van der Waals surface area contributed by atoms with E-state index in [1.54, 1.807) is 12.1 Å². The summed E-state index contributed by atoms with van der Waals surface area (Å²) in [5, 5.41) is 2.74. The fraction of sp³-hybridized carbons (Fsp3) is 0.316. The van der Waals surface area contributed by atoms with Crippen LogP contribution in [0.1, 0.15) is 13.8 Å². The van der Waals surface area contributed by atoms with Crippen molar-refractivity contribution in [1.82, 2.24) is 0 Å². The van der Waals surface area contributed by atoms with Crippen molar-refractivity contribution in [2.45, 2.75) is 25.9 Å². The Balaban J connectivity index is 1.63. The van der Waals surface area contributed by atoms with Crippen molar-refractivity contribution in [2.75, 3.05) is 23.4 Å². The molecule has 3 rings (SSSR count). The van der Waals surface area contributed by atoms with E-state index >= 15 is 0 Å². The van der Waals surface area contributed by atoms with Crippen molar-refractivity contribution in [3.8, 4) is 5.75 Å². The number of carbonyl (C=O) groups excluding carboxylic acids is 1. The molecule has 1 aliphatic heterocycles. The quantitative estimate of drug-likeness (QED) is 0.929. The SMILES string of the molecule is CC1COCC(C)N1c1ccc(NC(=O)Oc2ccccc2)cc1. The number of anilines is 2. The molecule has 126 valence electrons. The Morgan fingerprint density at radius 1 is 1.04 bits per heavy atom. The molecular formula is C19H22N2O3. The molecule has 0 bridgehead atoms. The van der Waals surface area contributed by atoms with E-state index in [0.717, 1.165) is 18.9 Å². The average Bonchev–Trinajstić information content (AvgIpc) is 2.57. The number of morpholine rings is 1. The summed E-state index contributed by atoms with van der Waals surface area (Å²) in [6, 6.07) is 17.4. The number of para-hydroxylation sites is 1. The summed E-state index contributed by atoms with van der Waals surface area (Å²) in [6.45, 7) is 5.76. The molecule has 1 aliphatic rings. The molecule has 2 atom stereocenters. The van der Waals surface area contributed by atoms with Crippen molar-refractivity contribution in [1.29, 1.82) is 0 Å². The highest BCUT2D eigenvalue weighted by molar-refractivity contribution is 5.86. The van der Waals surface area contributed by atoms with Crippen LogP contribution < -0.4 is 15.0 Å². The normalized spacial score (nSPS) is 20.5. The van der Waals surface area contributed by atoms with Crippen molar-refractivity contribution in [3.05, 3.63) is 54.6 Å². The third kappa shape index (κ3) is 3.86. The smallest absolute Gasteiger partial charge is 0.410 e. The predicted molar refractivity (Wildman–Crippen MR) is 94.8 cm³/mol. The zero-order valence-electron chi connectivity index (χ0n) is 13.9. The number of rotatable bonds is 3. The second-order valence-electron chi connectivity index (χ2n) is 6.02. The molecule has 1 heterocycles. The molecule has 1 saturated heterocycles. The maximum absolute atomic E-state index is 11.9. The molecule has 1 N–H and O–H groups in total. The lowest BCUT2D eigenvalue weighted by Crippen LogP contribution is -2.49. The number of hydrogen-bond donors (Lipinski definition) is 1. The number of carbonyl (C=O) groups is 1. The summed E-state index contributed by atoms with van der Waals surface area (Å²) in [4.78, 5) is 14.3. The highest BCUT2D eigenvalue weighted by Crippen LogP contribution is 2.25. The standard InChI is InChI=1S/C19H22N2O3/c1-14-12-23-13-15(2)21(14)17-10-8-16(9-11-17)20-19(22)24-18-6-4-3-5-7-18/h3-11,14-15H,12-13H2,1-2H3,(H,20,22). The number of nitrogens with one attached hydrogen (secondary N) is 1. The third-order valence-electron chi connectivity index (χ3n) is 4.03. The Hall–Kier alpha value is -2.53. The van der Waals surface area contributed by atoms with E-state index in [4.69, 9.17) is 9.47 Å². The summed E-state index contributed by atoms with van der Waals surface area (Å²) >= 11 is 0. The largest absolute Gasteiger partial charge is 0.417 e. The molecule has 1 fully saturated rings. The summed E-state index contributed by atoms with van der Waals surface area (Å²) in [6.07, 6.45) is -0.498. The van der Waals surface area contributed by atoms with Crippen LogP contribution in [-0.2, 0) is 4.74 Å². The van der Waals surface area contributed by atoms with E-state index in [2.05, 4.69) is 24.1 Å². The van der Waals surface area contributed by atoms with Crippen LogP contribution in [0.5, 0.6) is 5.75 Å². The summed E-state index contributed by atoms with van der Waals surface area (Å²) in [7, 11) is 0. The van der Waals surface area contributed by atoms with Crippen LogP contribution >= 0.6 is 0 Å². The number of benzene rings is 2. The minimum absolute atomic E-state index is 0.329. The Bertz CT molecular complexity index is 663. The van der Waals surface area contributed by atoms with Crippen LogP contribution in [0.4, 0.5) is 16.2 Å². The van der Waals surface area contributed by atoms with Crippen molar-refractivity contribution >= 4 is 17.5 Å². The maximum atomic E-state index is 11.9. The molecule has 5 nitrogen and oxygen atoms in total. The molecular weight excluding hydrogens is 304 g/mol. The number of ether oxygens (including phenoxy) is 2. The highest BCUT2D eigenvalue weighted by atomic mass is 16.6. The second kappa shape index (κ2) is 7.36. The molecule has 0 aliphatic carbocycles. The minimum atomic E-state index is -0.498. The summed E-state index contributed by atoms with van der Waals surface area (Å²) in [5.41, 5.74) is 1.83. The third-order valence-corrected chi connectivity index (χ3v) is 4.03. The van der Waals surface area contributed by atoms with E-state index in [-0.39, 0.29) is 0 Å². The molecule has 1 amide bonds. The van der Waals surface area contributed by atoms with Crippen LogP contribution in [0.3, 0.4) is 0 Å². The highest BCUT2D eigenvalue weighted by Gasteiger charge is 2.25. The van der Waals surface area contributed by atoms with Gasteiger partial charge in [-0.15, -0.1) is 0 Å². The molecule has 24 heavy (non-hydrogen) atoms. The predicted octanol–water partition coefficient (Wildman–Crippen LogP) is 3.91. The van der Waals surface area contributed by atoms with Crippen molar-refractivity contribution in [2.24, 2.45) is 0 Å².